The van der Waals surface area contributed by atoms with Gasteiger partial charge in [-0.05, 0) is 37.1 Å². The summed E-state index contributed by atoms with van der Waals surface area (Å²) in [6, 6.07) is 10.1. The molecule has 0 saturated heterocycles. The van der Waals surface area contributed by atoms with Gasteiger partial charge in [0.15, 0.2) is 5.96 Å². The van der Waals surface area contributed by atoms with Crippen LogP contribution in [0.1, 0.15) is 31.9 Å². The number of amides is 1. The lowest BCUT2D eigenvalue weighted by Crippen LogP contribution is -2.40. The van der Waals surface area contributed by atoms with Gasteiger partial charge in [-0.2, -0.15) is 5.10 Å². The number of aromatic nitrogens is 2. The number of carbonyl (C=O) groups is 1. The zero-order chi connectivity index (χ0) is 18.9. The molecular formula is C19H28N6O. The number of hydrogen-bond donors (Lipinski definition) is 2. The molecule has 1 unspecified atom stereocenters. The Balaban J connectivity index is 2.10. The number of nitrogens with zero attached hydrogens (tertiary/aromatic N) is 4. The monoisotopic (exact) mass is 356 g/mol. The first-order valence-electron chi connectivity index (χ1n) is 8.86. The second-order valence-electron chi connectivity index (χ2n) is 6.29. The third kappa shape index (κ3) is 5.61. The summed E-state index contributed by atoms with van der Waals surface area (Å²) in [7, 11) is 3.46. The zero-order valence-corrected chi connectivity index (χ0v) is 15.9. The number of likely N-dealkylation sites (N-methyl/N-ethyl adjacent to an activating group) is 1. The van der Waals surface area contributed by atoms with E-state index in [1.165, 1.54) is 4.90 Å². The van der Waals surface area contributed by atoms with Crippen LogP contribution in [0.5, 0.6) is 0 Å². The molecule has 1 atom stereocenters. The number of hydrogen-bond acceptors (Lipinski definition) is 3. The van der Waals surface area contributed by atoms with Crippen molar-refractivity contribution in [2.24, 2.45) is 4.99 Å². The second-order valence-corrected chi connectivity index (χ2v) is 6.29. The molecule has 2 rings (SSSR count). The van der Waals surface area contributed by atoms with E-state index < -0.39 is 0 Å². The Kier molecular flexibility index (Phi) is 7.20. The van der Waals surface area contributed by atoms with Crippen LogP contribution in [0, 0.1) is 0 Å². The molecule has 0 saturated carbocycles. The van der Waals surface area contributed by atoms with Gasteiger partial charge in [0.2, 0.25) is 5.91 Å². The molecule has 2 N–H and O–H groups in total. The van der Waals surface area contributed by atoms with Crippen LogP contribution in [0.4, 0.5) is 0 Å². The van der Waals surface area contributed by atoms with Crippen LogP contribution in [0.3, 0.4) is 0 Å². The van der Waals surface area contributed by atoms with E-state index >= 15 is 0 Å². The number of rotatable bonds is 7. The van der Waals surface area contributed by atoms with Gasteiger partial charge in [-0.1, -0.05) is 19.1 Å². The molecular weight excluding hydrogens is 328 g/mol. The molecule has 0 fully saturated rings. The Labute approximate surface area is 155 Å². The molecule has 1 heterocycles. The molecule has 1 amide bonds. The third-order valence-electron chi connectivity index (χ3n) is 3.91. The maximum absolute atomic E-state index is 11.8. The molecule has 0 spiro atoms. The highest BCUT2D eigenvalue weighted by molar-refractivity contribution is 5.85. The van der Waals surface area contributed by atoms with Crippen molar-refractivity contribution in [2.45, 2.75) is 26.3 Å². The predicted octanol–water partition coefficient (Wildman–Crippen LogP) is 1.97. The van der Waals surface area contributed by atoms with E-state index in [-0.39, 0.29) is 18.5 Å². The van der Waals surface area contributed by atoms with Crippen LogP contribution >= 0.6 is 0 Å². The molecule has 0 aliphatic rings. The summed E-state index contributed by atoms with van der Waals surface area (Å²) in [5.74, 6) is 0.606. The minimum atomic E-state index is -0.0315. The highest BCUT2D eigenvalue weighted by Gasteiger charge is 2.10. The maximum Gasteiger partial charge on any atom is 0.243 e. The average Bonchev–Trinajstić information content (AvgIpc) is 3.18. The highest BCUT2D eigenvalue weighted by Crippen LogP contribution is 2.16. The van der Waals surface area contributed by atoms with Crippen LogP contribution in [-0.2, 0) is 4.79 Å². The Hall–Kier alpha value is -2.83. The summed E-state index contributed by atoms with van der Waals surface area (Å²) >= 11 is 0. The molecule has 0 aliphatic carbocycles. The summed E-state index contributed by atoms with van der Waals surface area (Å²) in [6.45, 7) is 5.07. The minimum absolute atomic E-state index is 0.0306. The Morgan fingerprint density at radius 2 is 2.15 bits per heavy atom. The third-order valence-corrected chi connectivity index (χ3v) is 3.91. The van der Waals surface area contributed by atoms with E-state index in [1.807, 2.05) is 29.1 Å². The Morgan fingerprint density at radius 3 is 2.81 bits per heavy atom. The SMILES string of the molecule is CCCNC(=NCC(=O)N(C)C)NC(C)c1cccc(-n2cccn2)c1. The average molecular weight is 356 g/mol. The van der Waals surface area contributed by atoms with Gasteiger partial charge >= 0.3 is 0 Å². The molecule has 2 aromatic rings. The molecule has 0 aliphatic heterocycles. The normalized spacial score (nSPS) is 12.5. The van der Waals surface area contributed by atoms with E-state index in [9.17, 15) is 4.79 Å². The lowest BCUT2D eigenvalue weighted by atomic mass is 10.1. The Bertz CT molecular complexity index is 723. The summed E-state index contributed by atoms with van der Waals surface area (Å²) in [6.07, 6.45) is 4.65. The standard InChI is InChI=1S/C19H28N6O/c1-5-10-20-19(21-14-18(26)24(3)4)23-15(2)16-8-6-9-17(13-16)25-12-7-11-22-25/h6-9,11-13,15H,5,10,14H2,1-4H3,(H2,20,21,23). The fourth-order valence-electron chi connectivity index (χ4n) is 2.33. The van der Waals surface area contributed by atoms with Crippen molar-refractivity contribution < 1.29 is 4.79 Å². The summed E-state index contributed by atoms with van der Waals surface area (Å²) in [5.41, 5.74) is 2.12. The summed E-state index contributed by atoms with van der Waals surface area (Å²) in [4.78, 5) is 17.8. The van der Waals surface area contributed by atoms with Gasteiger partial charge in [0, 0.05) is 33.0 Å². The van der Waals surface area contributed by atoms with Crippen molar-refractivity contribution in [2.75, 3.05) is 27.2 Å². The number of nitrogens with one attached hydrogen (secondary N) is 2. The number of benzene rings is 1. The van der Waals surface area contributed by atoms with Crippen LogP contribution in [0.2, 0.25) is 0 Å². The van der Waals surface area contributed by atoms with Gasteiger partial charge in [-0.3, -0.25) is 4.79 Å². The fourth-order valence-corrected chi connectivity index (χ4v) is 2.33. The van der Waals surface area contributed by atoms with E-state index in [2.05, 4.69) is 46.7 Å². The van der Waals surface area contributed by atoms with Crippen molar-refractivity contribution in [3.05, 3.63) is 48.3 Å². The lowest BCUT2D eigenvalue weighted by molar-refractivity contribution is -0.127. The molecule has 0 bridgehead atoms. The molecule has 7 nitrogen and oxygen atoms in total. The van der Waals surface area contributed by atoms with Crippen molar-refractivity contribution in [1.29, 1.82) is 0 Å². The first kappa shape index (κ1) is 19.5. The van der Waals surface area contributed by atoms with Gasteiger partial charge in [0.1, 0.15) is 6.54 Å². The van der Waals surface area contributed by atoms with Crippen molar-refractivity contribution >= 4 is 11.9 Å². The van der Waals surface area contributed by atoms with Gasteiger partial charge < -0.3 is 15.5 Å². The van der Waals surface area contributed by atoms with Crippen molar-refractivity contribution in [3.8, 4) is 5.69 Å². The zero-order valence-electron chi connectivity index (χ0n) is 15.9. The van der Waals surface area contributed by atoms with Gasteiger partial charge in [-0.25, -0.2) is 9.67 Å². The number of aliphatic imine (C=N–C) groups is 1. The molecule has 26 heavy (non-hydrogen) atoms. The van der Waals surface area contributed by atoms with E-state index in [0.717, 1.165) is 24.2 Å². The first-order chi connectivity index (χ1) is 12.5. The van der Waals surface area contributed by atoms with Crippen LogP contribution in [0.15, 0.2) is 47.7 Å². The molecule has 0 radical (unpaired) electrons. The quantitative estimate of drug-likeness (QED) is 0.587. The Morgan fingerprint density at radius 1 is 1.35 bits per heavy atom. The van der Waals surface area contributed by atoms with Gasteiger partial charge in [-0.15, -0.1) is 0 Å². The molecule has 1 aromatic carbocycles. The highest BCUT2D eigenvalue weighted by atomic mass is 16.2. The number of carbonyl (C=O) groups excluding carboxylic acids is 1. The van der Waals surface area contributed by atoms with E-state index in [1.54, 1.807) is 20.3 Å². The minimum Gasteiger partial charge on any atom is -0.356 e. The summed E-state index contributed by atoms with van der Waals surface area (Å²) in [5, 5.41) is 10.9. The predicted molar refractivity (Wildman–Crippen MR) is 104 cm³/mol. The molecule has 7 heteroatoms. The van der Waals surface area contributed by atoms with E-state index in [4.69, 9.17) is 0 Å². The first-order valence-corrected chi connectivity index (χ1v) is 8.86. The lowest BCUT2D eigenvalue weighted by Gasteiger charge is -2.19. The smallest absolute Gasteiger partial charge is 0.243 e. The van der Waals surface area contributed by atoms with Crippen LogP contribution in [-0.4, -0.2) is 53.7 Å². The van der Waals surface area contributed by atoms with E-state index in [0.29, 0.717) is 5.96 Å². The second kappa shape index (κ2) is 9.60. The number of guanidine groups is 1. The summed E-state index contributed by atoms with van der Waals surface area (Å²) < 4.78 is 1.83. The van der Waals surface area contributed by atoms with Crippen LogP contribution < -0.4 is 10.6 Å². The van der Waals surface area contributed by atoms with Crippen molar-refractivity contribution in [1.82, 2.24) is 25.3 Å². The van der Waals surface area contributed by atoms with Crippen molar-refractivity contribution in [3.63, 3.8) is 0 Å². The fraction of sp³-hybridized carbons (Fsp3) is 0.421. The maximum atomic E-state index is 11.8. The molecule has 140 valence electrons. The largest absolute Gasteiger partial charge is 0.356 e. The molecule has 1 aromatic heterocycles. The van der Waals surface area contributed by atoms with Gasteiger partial charge in [0.05, 0.1) is 11.7 Å². The topological polar surface area (TPSA) is 74.6 Å². The van der Waals surface area contributed by atoms with Crippen LogP contribution in [0.25, 0.3) is 5.69 Å². The van der Waals surface area contributed by atoms with Gasteiger partial charge in [0.25, 0.3) is 0 Å².